The number of hydrogen-bond acceptors (Lipinski definition) is 4. The molecule has 6 heteroatoms. The molecule has 1 aromatic heterocycles. The molecule has 1 aromatic rings. The van der Waals surface area contributed by atoms with Gasteiger partial charge in [0.1, 0.15) is 5.82 Å². The molecular weight excluding hydrogens is 254 g/mol. The largest absolute Gasteiger partial charge is 0.332 e. The summed E-state index contributed by atoms with van der Waals surface area (Å²) in [4.78, 5) is 19.1. The lowest BCUT2D eigenvalue weighted by molar-refractivity contribution is 0.0699. The monoisotopic (exact) mass is 275 g/mol. The van der Waals surface area contributed by atoms with Crippen LogP contribution in [0.1, 0.15) is 48.5 Å². The van der Waals surface area contributed by atoms with E-state index in [0.29, 0.717) is 29.6 Å². The van der Waals surface area contributed by atoms with Crippen LogP contribution in [0.2, 0.25) is 0 Å². The number of likely N-dealkylation sites (tertiary alicyclic amines) is 1. The number of nitrogens with one attached hydrogen (secondary N) is 2. The molecule has 0 aromatic carbocycles. The van der Waals surface area contributed by atoms with Gasteiger partial charge in [-0.25, -0.2) is 4.98 Å². The van der Waals surface area contributed by atoms with E-state index in [2.05, 4.69) is 27.4 Å². The molecule has 1 aliphatic carbocycles. The summed E-state index contributed by atoms with van der Waals surface area (Å²) in [6, 6.07) is 0.338. The SMILES string of the molecule is CCC1C2CNCC2CN1C(=O)c1n[nH]c(C2CC2)n1. The lowest BCUT2D eigenvalue weighted by Crippen LogP contribution is -2.40. The Morgan fingerprint density at radius 1 is 1.40 bits per heavy atom. The van der Waals surface area contributed by atoms with E-state index in [1.54, 1.807) is 0 Å². The quantitative estimate of drug-likeness (QED) is 0.854. The smallest absolute Gasteiger partial charge is 0.293 e. The zero-order valence-electron chi connectivity index (χ0n) is 11.8. The maximum atomic E-state index is 12.7. The number of aromatic nitrogens is 3. The van der Waals surface area contributed by atoms with Gasteiger partial charge in [0.25, 0.3) is 5.91 Å². The summed E-state index contributed by atoms with van der Waals surface area (Å²) in [7, 11) is 0. The Balaban J connectivity index is 1.54. The van der Waals surface area contributed by atoms with E-state index in [9.17, 15) is 4.79 Å². The Morgan fingerprint density at radius 3 is 3.00 bits per heavy atom. The van der Waals surface area contributed by atoms with E-state index in [1.807, 2.05) is 4.90 Å². The molecule has 0 bridgehead atoms. The molecule has 20 heavy (non-hydrogen) atoms. The summed E-state index contributed by atoms with van der Waals surface area (Å²) in [5.74, 6) is 2.97. The van der Waals surface area contributed by atoms with Crippen LogP contribution in [0.15, 0.2) is 0 Å². The lowest BCUT2D eigenvalue weighted by Gasteiger charge is -2.25. The molecule has 4 rings (SSSR count). The van der Waals surface area contributed by atoms with E-state index < -0.39 is 0 Å². The fourth-order valence-corrected chi connectivity index (χ4v) is 3.82. The maximum absolute atomic E-state index is 12.7. The first kappa shape index (κ1) is 12.3. The highest BCUT2D eigenvalue weighted by Gasteiger charge is 2.46. The van der Waals surface area contributed by atoms with E-state index in [4.69, 9.17) is 0 Å². The number of nitrogens with zero attached hydrogens (tertiary/aromatic N) is 3. The molecule has 1 amide bonds. The van der Waals surface area contributed by atoms with Gasteiger partial charge < -0.3 is 10.2 Å². The van der Waals surface area contributed by atoms with Crippen molar-refractivity contribution in [1.82, 2.24) is 25.4 Å². The van der Waals surface area contributed by atoms with Crippen LogP contribution >= 0.6 is 0 Å². The number of rotatable bonds is 3. The van der Waals surface area contributed by atoms with Crippen molar-refractivity contribution in [1.29, 1.82) is 0 Å². The van der Waals surface area contributed by atoms with Gasteiger partial charge in [-0.3, -0.25) is 9.89 Å². The first-order valence-electron chi connectivity index (χ1n) is 7.72. The number of hydrogen-bond donors (Lipinski definition) is 2. The molecule has 3 aliphatic rings. The van der Waals surface area contributed by atoms with Crippen LogP contribution < -0.4 is 5.32 Å². The minimum Gasteiger partial charge on any atom is -0.332 e. The molecular formula is C14H21N5O. The number of H-pyrrole nitrogens is 1. The maximum Gasteiger partial charge on any atom is 0.293 e. The number of aromatic amines is 1. The number of carbonyl (C=O) groups is 1. The van der Waals surface area contributed by atoms with Crippen LogP contribution in [-0.2, 0) is 0 Å². The summed E-state index contributed by atoms with van der Waals surface area (Å²) in [5.41, 5.74) is 0. The Kier molecular flexibility index (Phi) is 2.80. The van der Waals surface area contributed by atoms with Crippen molar-refractivity contribution in [2.24, 2.45) is 11.8 Å². The second kappa shape index (κ2) is 4.55. The zero-order valence-corrected chi connectivity index (χ0v) is 11.8. The van der Waals surface area contributed by atoms with Gasteiger partial charge in [-0.1, -0.05) is 6.92 Å². The third-order valence-corrected chi connectivity index (χ3v) is 5.06. The molecule has 2 N–H and O–H groups in total. The summed E-state index contributed by atoms with van der Waals surface area (Å²) < 4.78 is 0. The highest BCUT2D eigenvalue weighted by atomic mass is 16.2. The third-order valence-electron chi connectivity index (χ3n) is 5.06. The third kappa shape index (κ3) is 1.85. The summed E-state index contributed by atoms with van der Waals surface area (Å²) in [6.07, 6.45) is 3.34. The minimum atomic E-state index is 0.00870. The van der Waals surface area contributed by atoms with Crippen LogP contribution in [0.25, 0.3) is 0 Å². The predicted octanol–water partition coefficient (Wildman–Crippen LogP) is 0.752. The van der Waals surface area contributed by atoms with E-state index >= 15 is 0 Å². The van der Waals surface area contributed by atoms with E-state index in [0.717, 1.165) is 31.9 Å². The second-order valence-electron chi connectivity index (χ2n) is 6.33. The first-order valence-corrected chi connectivity index (χ1v) is 7.72. The van der Waals surface area contributed by atoms with Crippen LogP contribution in [0.4, 0.5) is 0 Å². The van der Waals surface area contributed by atoms with E-state index in [1.165, 1.54) is 12.8 Å². The number of fused-ring (bicyclic) bond motifs is 1. The van der Waals surface area contributed by atoms with Crippen molar-refractivity contribution >= 4 is 5.91 Å². The Bertz CT molecular complexity index is 523. The Morgan fingerprint density at radius 2 is 2.25 bits per heavy atom. The molecule has 1 saturated carbocycles. The molecule has 2 aliphatic heterocycles. The average Bonchev–Trinajstić information content (AvgIpc) is 2.91. The molecule has 0 spiro atoms. The minimum absolute atomic E-state index is 0.00870. The van der Waals surface area contributed by atoms with Crippen LogP contribution in [-0.4, -0.2) is 51.7 Å². The van der Waals surface area contributed by atoms with Crippen molar-refractivity contribution in [3.8, 4) is 0 Å². The highest BCUT2D eigenvalue weighted by molar-refractivity contribution is 5.91. The van der Waals surface area contributed by atoms with Gasteiger partial charge in [-0.2, -0.15) is 0 Å². The fraction of sp³-hybridized carbons (Fsp3) is 0.786. The Hall–Kier alpha value is -1.43. The normalized spacial score (nSPS) is 32.6. The molecule has 108 valence electrons. The van der Waals surface area contributed by atoms with Crippen LogP contribution in [0.3, 0.4) is 0 Å². The van der Waals surface area contributed by atoms with Gasteiger partial charge in [0.2, 0.25) is 5.82 Å². The van der Waals surface area contributed by atoms with Gasteiger partial charge >= 0.3 is 0 Å². The standard InChI is InChI=1S/C14H21N5O/c1-2-11-10-6-15-5-9(10)7-19(11)14(20)13-16-12(17-18-13)8-3-4-8/h8-11,15H,2-7H2,1H3,(H,16,17,18). The lowest BCUT2D eigenvalue weighted by atomic mass is 9.93. The molecule has 0 radical (unpaired) electrons. The van der Waals surface area contributed by atoms with Crippen molar-refractivity contribution in [2.45, 2.75) is 38.1 Å². The van der Waals surface area contributed by atoms with Crippen molar-refractivity contribution in [3.63, 3.8) is 0 Å². The van der Waals surface area contributed by atoms with Gasteiger partial charge in [0.05, 0.1) is 0 Å². The fourth-order valence-electron chi connectivity index (χ4n) is 3.82. The summed E-state index contributed by atoms with van der Waals surface area (Å²) >= 11 is 0. The summed E-state index contributed by atoms with van der Waals surface area (Å²) in [6.45, 7) is 5.09. The summed E-state index contributed by atoms with van der Waals surface area (Å²) in [5, 5.41) is 10.5. The molecule has 6 nitrogen and oxygen atoms in total. The van der Waals surface area contributed by atoms with Gasteiger partial charge in [0, 0.05) is 31.6 Å². The molecule has 3 unspecified atom stereocenters. The van der Waals surface area contributed by atoms with Crippen LogP contribution in [0.5, 0.6) is 0 Å². The number of amides is 1. The number of carbonyl (C=O) groups excluding carboxylic acids is 1. The predicted molar refractivity (Wildman–Crippen MR) is 73.3 cm³/mol. The first-order chi connectivity index (χ1) is 9.78. The molecule has 2 saturated heterocycles. The Labute approximate surface area is 118 Å². The molecule has 3 fully saturated rings. The van der Waals surface area contributed by atoms with Crippen molar-refractivity contribution in [3.05, 3.63) is 11.6 Å². The van der Waals surface area contributed by atoms with Crippen molar-refractivity contribution < 1.29 is 4.79 Å². The van der Waals surface area contributed by atoms with Gasteiger partial charge in [-0.15, -0.1) is 5.10 Å². The van der Waals surface area contributed by atoms with Gasteiger partial charge in [0.15, 0.2) is 0 Å². The van der Waals surface area contributed by atoms with Gasteiger partial charge in [-0.05, 0) is 31.1 Å². The topological polar surface area (TPSA) is 73.9 Å². The molecule has 3 atom stereocenters. The van der Waals surface area contributed by atoms with Crippen molar-refractivity contribution in [2.75, 3.05) is 19.6 Å². The van der Waals surface area contributed by atoms with E-state index in [-0.39, 0.29) is 5.91 Å². The van der Waals surface area contributed by atoms with Crippen LogP contribution in [0, 0.1) is 11.8 Å². The zero-order chi connectivity index (χ0) is 13.7. The molecule has 3 heterocycles. The average molecular weight is 275 g/mol. The second-order valence-corrected chi connectivity index (χ2v) is 6.33. The highest BCUT2D eigenvalue weighted by Crippen LogP contribution is 2.38.